The molecule has 0 fully saturated rings. The van der Waals surface area contributed by atoms with Crippen LogP contribution in [0.2, 0.25) is 0 Å². The minimum atomic E-state index is -4.10. The van der Waals surface area contributed by atoms with E-state index in [1.165, 1.54) is 38.5 Å². The first-order valence-corrected chi connectivity index (χ1v) is 9.77. The fourth-order valence-corrected chi connectivity index (χ4v) is 3.84. The summed E-state index contributed by atoms with van der Waals surface area (Å²) in [6.45, 7) is -0.943. The predicted octanol–water partition coefficient (Wildman–Crippen LogP) is 1.31. The predicted molar refractivity (Wildman–Crippen MR) is 102 cm³/mol. The number of anilines is 2. The van der Waals surface area contributed by atoms with Crippen LogP contribution in [0.3, 0.4) is 0 Å². The molecular formula is C18H18N2O8S. The molecule has 2 aromatic rings. The van der Waals surface area contributed by atoms with Gasteiger partial charge in [0.05, 0.1) is 30.5 Å². The molecule has 0 aliphatic carbocycles. The average Bonchev–Trinajstić information content (AvgIpc) is 2.69. The number of nitrogens with one attached hydrogen (secondary N) is 1. The van der Waals surface area contributed by atoms with Crippen LogP contribution in [0.4, 0.5) is 11.4 Å². The molecule has 0 atom stereocenters. The molecule has 154 valence electrons. The molecular weight excluding hydrogens is 404 g/mol. The lowest BCUT2D eigenvalue weighted by molar-refractivity contribution is -0.137. The molecule has 1 heterocycles. The van der Waals surface area contributed by atoms with Gasteiger partial charge in [-0.15, -0.1) is 0 Å². The SMILES string of the molecule is COc1ccc(OC)c(NS(=O)(=O)c2ccc3c(c2)N(CC(=O)O)C(=O)CO3)c1. The van der Waals surface area contributed by atoms with Crippen LogP contribution in [-0.4, -0.2) is 52.8 Å². The number of methoxy groups -OCH3 is 2. The Labute approximate surface area is 166 Å². The van der Waals surface area contributed by atoms with Crippen LogP contribution < -0.4 is 23.8 Å². The molecule has 0 unspecified atom stereocenters. The summed E-state index contributed by atoms with van der Waals surface area (Å²) in [5, 5.41) is 9.05. The zero-order chi connectivity index (χ0) is 21.2. The molecule has 0 saturated heterocycles. The zero-order valence-electron chi connectivity index (χ0n) is 15.5. The summed E-state index contributed by atoms with van der Waals surface area (Å²) in [5.41, 5.74) is 0.212. The number of nitrogens with zero attached hydrogens (tertiary/aromatic N) is 1. The van der Waals surface area contributed by atoms with E-state index in [0.717, 1.165) is 4.90 Å². The van der Waals surface area contributed by atoms with Gasteiger partial charge in [0.1, 0.15) is 23.8 Å². The lowest BCUT2D eigenvalue weighted by Crippen LogP contribution is -2.42. The van der Waals surface area contributed by atoms with E-state index in [9.17, 15) is 18.0 Å². The summed E-state index contributed by atoms with van der Waals surface area (Å²) in [4.78, 5) is 23.9. The van der Waals surface area contributed by atoms with E-state index in [4.69, 9.17) is 19.3 Å². The fourth-order valence-electron chi connectivity index (χ4n) is 2.76. The smallest absolute Gasteiger partial charge is 0.323 e. The Morgan fingerprint density at radius 1 is 1.21 bits per heavy atom. The van der Waals surface area contributed by atoms with Gasteiger partial charge in [0, 0.05) is 6.07 Å². The number of hydrogen-bond donors (Lipinski definition) is 2. The topological polar surface area (TPSA) is 131 Å². The van der Waals surface area contributed by atoms with Crippen LogP contribution >= 0.6 is 0 Å². The Morgan fingerprint density at radius 3 is 2.62 bits per heavy atom. The second-order valence-corrected chi connectivity index (χ2v) is 7.65. The highest BCUT2D eigenvalue weighted by Gasteiger charge is 2.29. The van der Waals surface area contributed by atoms with E-state index in [1.807, 2.05) is 0 Å². The first-order valence-electron chi connectivity index (χ1n) is 8.29. The number of hydrogen-bond acceptors (Lipinski definition) is 7. The van der Waals surface area contributed by atoms with Crippen molar-refractivity contribution in [1.29, 1.82) is 0 Å². The number of rotatable bonds is 7. The molecule has 0 radical (unpaired) electrons. The quantitative estimate of drug-likeness (QED) is 0.683. The summed E-state index contributed by atoms with van der Waals surface area (Å²) in [7, 11) is -1.26. The van der Waals surface area contributed by atoms with Crippen LogP contribution in [0.5, 0.6) is 17.2 Å². The largest absolute Gasteiger partial charge is 0.497 e. The first kappa shape index (κ1) is 20.3. The van der Waals surface area contributed by atoms with E-state index >= 15 is 0 Å². The minimum Gasteiger partial charge on any atom is -0.497 e. The van der Waals surface area contributed by atoms with Crippen molar-refractivity contribution in [2.45, 2.75) is 4.90 Å². The molecule has 11 heteroatoms. The number of sulfonamides is 1. The normalized spacial score (nSPS) is 13.3. The molecule has 10 nitrogen and oxygen atoms in total. The Kier molecular flexibility index (Phi) is 5.50. The number of ether oxygens (including phenoxy) is 3. The highest BCUT2D eigenvalue weighted by atomic mass is 32.2. The summed E-state index contributed by atoms with van der Waals surface area (Å²) in [6.07, 6.45) is 0. The van der Waals surface area contributed by atoms with Crippen LogP contribution in [-0.2, 0) is 19.6 Å². The maximum Gasteiger partial charge on any atom is 0.323 e. The van der Waals surface area contributed by atoms with Gasteiger partial charge in [-0.3, -0.25) is 19.2 Å². The van der Waals surface area contributed by atoms with Crippen molar-refractivity contribution in [3.05, 3.63) is 36.4 Å². The van der Waals surface area contributed by atoms with E-state index < -0.39 is 28.4 Å². The molecule has 0 aromatic heterocycles. The Bertz CT molecular complexity index is 1070. The van der Waals surface area contributed by atoms with Gasteiger partial charge in [0.15, 0.2) is 6.61 Å². The molecule has 2 aromatic carbocycles. The van der Waals surface area contributed by atoms with Crippen LogP contribution in [0.15, 0.2) is 41.3 Å². The number of benzene rings is 2. The van der Waals surface area contributed by atoms with Crippen molar-refractivity contribution in [2.75, 3.05) is 37.0 Å². The molecule has 0 spiro atoms. The molecule has 3 rings (SSSR count). The van der Waals surface area contributed by atoms with Gasteiger partial charge in [0.2, 0.25) is 0 Å². The molecule has 1 aliphatic rings. The van der Waals surface area contributed by atoms with Crippen molar-refractivity contribution < 1.29 is 37.3 Å². The molecule has 0 saturated carbocycles. The molecule has 0 bridgehead atoms. The van der Waals surface area contributed by atoms with Crippen molar-refractivity contribution in [2.24, 2.45) is 0 Å². The zero-order valence-corrected chi connectivity index (χ0v) is 16.4. The minimum absolute atomic E-state index is 0.0594. The number of carbonyl (C=O) groups is 2. The highest BCUT2D eigenvalue weighted by Crippen LogP contribution is 2.36. The number of amides is 1. The molecule has 1 amide bonds. The Hall–Kier alpha value is -3.47. The third kappa shape index (κ3) is 4.19. The second kappa shape index (κ2) is 7.87. The van der Waals surface area contributed by atoms with Gasteiger partial charge in [-0.05, 0) is 30.3 Å². The standard InChI is InChI=1S/C18H18N2O8S/c1-26-11-3-5-15(27-2)13(7-11)19-29(24,25)12-4-6-16-14(8-12)20(9-18(22)23)17(21)10-28-16/h3-8,19H,9-10H2,1-2H3,(H,22,23). The van der Waals surface area contributed by atoms with E-state index in [2.05, 4.69) is 4.72 Å². The lowest BCUT2D eigenvalue weighted by atomic mass is 10.2. The van der Waals surface area contributed by atoms with E-state index in [-0.39, 0.29) is 34.4 Å². The Morgan fingerprint density at radius 2 is 1.97 bits per heavy atom. The third-order valence-corrected chi connectivity index (χ3v) is 5.49. The number of carboxylic acid groups (broad SMARTS) is 1. The molecule has 29 heavy (non-hydrogen) atoms. The van der Waals surface area contributed by atoms with Crippen molar-refractivity contribution in [1.82, 2.24) is 0 Å². The van der Waals surface area contributed by atoms with E-state index in [0.29, 0.717) is 5.75 Å². The van der Waals surface area contributed by atoms with Gasteiger partial charge < -0.3 is 19.3 Å². The lowest BCUT2D eigenvalue weighted by Gasteiger charge is -2.28. The van der Waals surface area contributed by atoms with Crippen LogP contribution in [0.1, 0.15) is 0 Å². The second-order valence-electron chi connectivity index (χ2n) is 5.96. The summed E-state index contributed by atoms with van der Waals surface area (Å²) in [5.74, 6) is -0.918. The van der Waals surface area contributed by atoms with Crippen LogP contribution in [0.25, 0.3) is 0 Å². The fraction of sp³-hybridized carbons (Fsp3) is 0.222. The van der Waals surface area contributed by atoms with Gasteiger partial charge in [0.25, 0.3) is 15.9 Å². The van der Waals surface area contributed by atoms with Crippen molar-refractivity contribution >= 4 is 33.3 Å². The number of fused-ring (bicyclic) bond motifs is 1. The third-order valence-electron chi connectivity index (χ3n) is 4.13. The molecule has 2 N–H and O–H groups in total. The maximum absolute atomic E-state index is 12.9. The van der Waals surface area contributed by atoms with Gasteiger partial charge in [-0.25, -0.2) is 8.42 Å². The maximum atomic E-state index is 12.9. The van der Waals surface area contributed by atoms with Gasteiger partial charge >= 0.3 is 5.97 Å². The average molecular weight is 422 g/mol. The summed E-state index contributed by atoms with van der Waals surface area (Å²) < 4.78 is 43.7. The number of aliphatic carboxylic acids is 1. The molecule has 1 aliphatic heterocycles. The van der Waals surface area contributed by atoms with Gasteiger partial charge in [-0.1, -0.05) is 0 Å². The highest BCUT2D eigenvalue weighted by molar-refractivity contribution is 7.92. The summed E-state index contributed by atoms with van der Waals surface area (Å²) in [6, 6.07) is 8.46. The van der Waals surface area contributed by atoms with Gasteiger partial charge in [-0.2, -0.15) is 0 Å². The first-order chi connectivity index (χ1) is 13.7. The summed E-state index contributed by atoms with van der Waals surface area (Å²) >= 11 is 0. The number of carboxylic acids is 1. The Balaban J connectivity index is 2.00. The van der Waals surface area contributed by atoms with Crippen LogP contribution in [0, 0.1) is 0 Å². The monoisotopic (exact) mass is 422 g/mol. The van der Waals surface area contributed by atoms with Crippen molar-refractivity contribution in [3.63, 3.8) is 0 Å². The number of carbonyl (C=O) groups excluding carboxylic acids is 1. The van der Waals surface area contributed by atoms with Crippen molar-refractivity contribution in [3.8, 4) is 17.2 Å². The van der Waals surface area contributed by atoms with E-state index in [1.54, 1.807) is 12.1 Å².